The van der Waals surface area contributed by atoms with Gasteiger partial charge in [-0.2, -0.15) is 0 Å². The Hall–Kier alpha value is -7.96. The smallest absolute Gasteiger partial charge is 0.137 e. The summed E-state index contributed by atoms with van der Waals surface area (Å²) in [6, 6.07) is 55.2. The Labute approximate surface area is 404 Å². The van der Waals surface area contributed by atoms with Gasteiger partial charge in [-0.1, -0.05) is 157 Å². The number of hydrogen-bond acceptors (Lipinski definition) is 4. The first kappa shape index (κ1) is 38.2. The number of nitrogens with zero attached hydrogens (tertiary/aromatic N) is 4. The van der Waals surface area contributed by atoms with E-state index in [0.717, 1.165) is 72.5 Å². The van der Waals surface area contributed by atoms with E-state index in [-0.39, 0.29) is 41.0 Å². The summed E-state index contributed by atoms with van der Waals surface area (Å²) >= 11 is 0. The summed E-state index contributed by atoms with van der Waals surface area (Å²) < 4.78 is 61.0. The second kappa shape index (κ2) is 16.7. The first-order valence-corrected chi connectivity index (χ1v) is 23.1. The summed E-state index contributed by atoms with van der Waals surface area (Å²) in [5.74, 6) is 1.50. The van der Waals surface area contributed by atoms with Crippen LogP contribution >= 0.6 is 0 Å². The molecule has 0 bridgehead atoms. The predicted molar refractivity (Wildman–Crippen MR) is 281 cm³/mol. The molecule has 0 amide bonds. The van der Waals surface area contributed by atoms with Gasteiger partial charge in [-0.3, -0.25) is 4.57 Å². The largest absolute Gasteiger partial charge is 0.457 e. The van der Waals surface area contributed by atoms with E-state index in [9.17, 15) is 9.87 Å². The van der Waals surface area contributed by atoms with Crippen LogP contribution in [-0.4, -0.2) is 16.2 Å². The molecule has 0 aliphatic carbocycles. The SMILES string of the molecule is [2H]c1c([2H])c(C(C)(C)C)c([2H])c([2H])c1-c1cc(Oc2ccc3c4ccccc4n(-c4cc(C(C)(C)C)ccn4)c3c2)cc(N2CN(c3c(-c4ccccc4)cccc3-c3ccc(F)cc3)c3ccccc32)c1. The lowest BCUT2D eigenvalue weighted by Crippen LogP contribution is -2.25. The summed E-state index contributed by atoms with van der Waals surface area (Å²) in [6.45, 7) is 12.7. The van der Waals surface area contributed by atoms with E-state index in [2.05, 4.69) is 102 Å². The van der Waals surface area contributed by atoms with Crippen molar-refractivity contribution in [3.8, 4) is 50.7 Å². The van der Waals surface area contributed by atoms with E-state index < -0.39 is 5.41 Å². The monoisotopic (exact) mass is 892 g/mol. The fourth-order valence-corrected chi connectivity index (χ4v) is 9.35. The molecule has 2 aromatic heterocycles. The summed E-state index contributed by atoms with van der Waals surface area (Å²) in [4.78, 5) is 9.36. The lowest BCUT2D eigenvalue weighted by molar-refractivity contribution is 0.483. The second-order valence-corrected chi connectivity index (χ2v) is 19.6. The van der Waals surface area contributed by atoms with Crippen LogP contribution in [0.3, 0.4) is 0 Å². The standard InChI is InChI=1S/C62H53FN4O/c1-61(2,3)45-27-23-41(24-28-45)44-35-48(38-50(36-44)68-49-31-32-54-53-17-10-11-20-55(53)67(58(54)39-49)59-37-46(33-34-64-59)62(4,5)6)65-40-66(57-22-13-12-21-56(57)65)60-51(42-15-8-7-9-16-42)18-14-19-52(60)43-25-29-47(63)30-26-43/h7-39H,40H2,1-6H3/i23D,24D,27D,28D. The molecule has 1 aliphatic rings. The Morgan fingerprint density at radius 1 is 0.515 bits per heavy atom. The molecule has 3 heterocycles. The maximum absolute atomic E-state index is 14.5. The number of ether oxygens (including phenoxy) is 1. The molecule has 11 rings (SSSR count). The third-order valence-corrected chi connectivity index (χ3v) is 12.9. The van der Waals surface area contributed by atoms with Crippen molar-refractivity contribution < 1.29 is 14.6 Å². The molecule has 0 spiro atoms. The number of aromatic nitrogens is 2. The lowest BCUT2D eigenvalue weighted by atomic mass is 9.86. The Balaban J connectivity index is 1.10. The first-order chi connectivity index (χ1) is 34.5. The number of rotatable bonds is 8. The molecule has 1 aliphatic heterocycles. The molecule has 334 valence electrons. The van der Waals surface area contributed by atoms with Gasteiger partial charge in [-0.25, -0.2) is 9.37 Å². The topological polar surface area (TPSA) is 33.5 Å². The van der Waals surface area contributed by atoms with Gasteiger partial charge in [0.1, 0.15) is 29.8 Å². The van der Waals surface area contributed by atoms with Gasteiger partial charge >= 0.3 is 0 Å². The maximum atomic E-state index is 14.5. The zero-order valence-electron chi connectivity index (χ0n) is 43.0. The van der Waals surface area contributed by atoms with Gasteiger partial charge in [0.15, 0.2) is 0 Å². The van der Waals surface area contributed by atoms with E-state index in [1.807, 2.05) is 118 Å². The highest BCUT2D eigenvalue weighted by atomic mass is 19.1. The minimum Gasteiger partial charge on any atom is -0.457 e. The van der Waals surface area contributed by atoms with Gasteiger partial charge in [-0.15, -0.1) is 0 Å². The van der Waals surface area contributed by atoms with E-state index in [4.69, 9.17) is 9.72 Å². The minimum absolute atomic E-state index is 0.0719. The highest BCUT2D eigenvalue weighted by Gasteiger charge is 2.32. The second-order valence-electron chi connectivity index (χ2n) is 19.6. The Morgan fingerprint density at radius 2 is 1.16 bits per heavy atom. The molecule has 8 aromatic carbocycles. The van der Waals surface area contributed by atoms with Gasteiger partial charge < -0.3 is 14.5 Å². The number of halogens is 1. The normalized spacial score (nSPS) is 13.6. The Morgan fingerprint density at radius 3 is 1.88 bits per heavy atom. The van der Waals surface area contributed by atoms with Crippen molar-refractivity contribution in [2.45, 2.75) is 52.4 Å². The highest BCUT2D eigenvalue weighted by molar-refractivity contribution is 6.09. The average Bonchev–Trinajstić information content (AvgIpc) is 3.91. The van der Waals surface area contributed by atoms with Crippen molar-refractivity contribution in [3.05, 3.63) is 217 Å². The molecule has 0 unspecified atom stereocenters. The van der Waals surface area contributed by atoms with Crippen LogP contribution in [0.15, 0.2) is 200 Å². The number of fused-ring (bicyclic) bond motifs is 4. The van der Waals surface area contributed by atoms with Crippen molar-refractivity contribution in [1.82, 2.24) is 9.55 Å². The molecule has 0 fully saturated rings. The van der Waals surface area contributed by atoms with Crippen LogP contribution in [0.1, 0.15) is 58.2 Å². The van der Waals surface area contributed by atoms with Crippen LogP contribution in [0, 0.1) is 5.82 Å². The van der Waals surface area contributed by atoms with Crippen LogP contribution in [0.25, 0.3) is 61.0 Å². The number of anilines is 4. The molecule has 0 N–H and O–H groups in total. The highest BCUT2D eigenvalue weighted by Crippen LogP contribution is 2.51. The number of benzene rings is 8. The maximum Gasteiger partial charge on any atom is 0.137 e. The minimum atomic E-state index is -0.634. The van der Waals surface area contributed by atoms with Crippen LogP contribution < -0.4 is 14.5 Å². The molecule has 68 heavy (non-hydrogen) atoms. The van der Waals surface area contributed by atoms with Gasteiger partial charge in [0.05, 0.1) is 33.6 Å². The van der Waals surface area contributed by atoms with Gasteiger partial charge in [0, 0.05) is 45.9 Å². The molecule has 0 atom stereocenters. The van der Waals surface area contributed by atoms with E-state index >= 15 is 0 Å². The van der Waals surface area contributed by atoms with Gasteiger partial charge in [-0.05, 0) is 111 Å². The fraction of sp³-hybridized carbons (Fsp3) is 0.145. The summed E-state index contributed by atoms with van der Waals surface area (Å²) in [5.41, 5.74) is 10.7. The molecule has 0 saturated carbocycles. The molecule has 6 heteroatoms. The summed E-state index contributed by atoms with van der Waals surface area (Å²) in [5, 5.41) is 2.13. The van der Waals surface area contributed by atoms with Crippen molar-refractivity contribution in [1.29, 1.82) is 0 Å². The number of hydrogen-bond donors (Lipinski definition) is 0. The molecule has 0 saturated heterocycles. The first-order valence-electron chi connectivity index (χ1n) is 25.1. The van der Waals surface area contributed by atoms with Crippen LogP contribution in [0.2, 0.25) is 0 Å². The number of para-hydroxylation sites is 4. The van der Waals surface area contributed by atoms with Crippen molar-refractivity contribution in [2.75, 3.05) is 16.5 Å². The van der Waals surface area contributed by atoms with E-state index in [1.165, 1.54) is 12.1 Å². The Kier molecular flexibility index (Phi) is 9.39. The van der Waals surface area contributed by atoms with Crippen LogP contribution in [-0.2, 0) is 10.8 Å². The molecular weight excluding hydrogens is 836 g/mol. The van der Waals surface area contributed by atoms with Crippen molar-refractivity contribution >= 4 is 44.6 Å². The summed E-state index contributed by atoms with van der Waals surface area (Å²) in [7, 11) is 0. The Bertz CT molecular complexity index is 3720. The van der Waals surface area contributed by atoms with Crippen molar-refractivity contribution in [2.24, 2.45) is 0 Å². The lowest BCUT2D eigenvalue weighted by Gasteiger charge is -2.27. The predicted octanol–water partition coefficient (Wildman–Crippen LogP) is 17.0. The van der Waals surface area contributed by atoms with Gasteiger partial charge in [0.2, 0.25) is 0 Å². The number of pyridine rings is 1. The molecular formula is C62H53FN4O. The third kappa shape index (κ3) is 7.86. The van der Waals surface area contributed by atoms with Gasteiger partial charge in [0.25, 0.3) is 0 Å². The van der Waals surface area contributed by atoms with E-state index in [0.29, 0.717) is 35.0 Å². The molecule has 0 radical (unpaired) electrons. The molecule has 10 aromatic rings. The average molecular weight is 893 g/mol. The van der Waals surface area contributed by atoms with Crippen LogP contribution in [0.5, 0.6) is 11.5 Å². The van der Waals surface area contributed by atoms with Crippen molar-refractivity contribution in [3.63, 3.8) is 0 Å². The summed E-state index contributed by atoms with van der Waals surface area (Å²) in [6.07, 6.45) is 1.87. The quantitative estimate of drug-likeness (QED) is 0.152. The van der Waals surface area contributed by atoms with Crippen LogP contribution in [0.4, 0.5) is 27.1 Å². The zero-order valence-corrected chi connectivity index (χ0v) is 39.0. The fourth-order valence-electron chi connectivity index (χ4n) is 9.35. The molecule has 5 nitrogen and oxygen atoms in total. The third-order valence-electron chi connectivity index (χ3n) is 12.9. The zero-order chi connectivity index (χ0) is 50.2. The van der Waals surface area contributed by atoms with E-state index in [1.54, 1.807) is 0 Å².